The van der Waals surface area contributed by atoms with Gasteiger partial charge in [0.25, 0.3) is 0 Å². The summed E-state index contributed by atoms with van der Waals surface area (Å²) in [5, 5.41) is 8.09. The molecule has 0 saturated carbocycles. The molecule has 0 radical (unpaired) electrons. The monoisotopic (exact) mass is 215 g/mol. The van der Waals surface area contributed by atoms with Gasteiger partial charge in [-0.1, -0.05) is 13.3 Å². The number of halogens is 1. The zero-order valence-corrected chi connectivity index (χ0v) is 9.00. The molecule has 0 spiro atoms. The van der Waals surface area contributed by atoms with Gasteiger partial charge in [-0.3, -0.25) is 4.57 Å². The van der Waals surface area contributed by atoms with Gasteiger partial charge >= 0.3 is 0 Å². The Bertz CT molecular complexity index is 307. The summed E-state index contributed by atoms with van der Waals surface area (Å²) in [4.78, 5) is 0. The van der Waals surface area contributed by atoms with E-state index in [9.17, 15) is 0 Å². The fraction of sp³-hybridized carbons (Fsp3) is 0.778. The van der Waals surface area contributed by atoms with Crippen LogP contribution in [0.2, 0.25) is 5.28 Å². The Balaban J connectivity index is 2.31. The number of nitrogens with zero attached hydrogens (tertiary/aromatic N) is 3. The third kappa shape index (κ3) is 1.53. The Morgan fingerprint density at radius 1 is 1.71 bits per heavy atom. The molecule has 0 N–H and O–H groups in total. The zero-order valence-electron chi connectivity index (χ0n) is 8.24. The van der Waals surface area contributed by atoms with Crippen molar-refractivity contribution in [3.8, 4) is 0 Å². The van der Waals surface area contributed by atoms with Crippen molar-refractivity contribution in [1.29, 1.82) is 0 Å². The molecule has 1 aromatic rings. The summed E-state index contributed by atoms with van der Waals surface area (Å²) in [7, 11) is 0. The first-order chi connectivity index (χ1) is 6.78. The molecule has 4 nitrogen and oxygen atoms in total. The van der Waals surface area contributed by atoms with Crippen LogP contribution in [0.25, 0.3) is 0 Å². The van der Waals surface area contributed by atoms with Crippen LogP contribution in [0.15, 0.2) is 6.33 Å². The lowest BCUT2D eigenvalue weighted by Crippen LogP contribution is -2.33. The van der Waals surface area contributed by atoms with E-state index in [1.807, 2.05) is 4.57 Å². The first-order valence-corrected chi connectivity index (χ1v) is 5.30. The summed E-state index contributed by atoms with van der Waals surface area (Å²) in [5.41, 5.74) is -0.00463. The van der Waals surface area contributed by atoms with Crippen molar-refractivity contribution in [3.63, 3.8) is 0 Å². The average Bonchev–Trinajstić information content (AvgIpc) is 2.75. The van der Waals surface area contributed by atoms with Crippen LogP contribution in [-0.4, -0.2) is 28.0 Å². The zero-order chi connectivity index (χ0) is 10.0. The Morgan fingerprint density at radius 3 is 3.07 bits per heavy atom. The van der Waals surface area contributed by atoms with Crippen molar-refractivity contribution in [3.05, 3.63) is 11.6 Å². The molecular weight excluding hydrogens is 202 g/mol. The minimum absolute atomic E-state index is 0.00463. The molecule has 5 heteroatoms. The number of hydrogen-bond donors (Lipinski definition) is 0. The Morgan fingerprint density at radius 2 is 2.57 bits per heavy atom. The molecule has 1 saturated heterocycles. The molecule has 1 unspecified atom stereocenters. The molecule has 1 fully saturated rings. The van der Waals surface area contributed by atoms with E-state index in [0.29, 0.717) is 5.28 Å². The van der Waals surface area contributed by atoms with Crippen LogP contribution in [-0.2, 0) is 10.3 Å². The lowest BCUT2D eigenvalue weighted by atomic mass is 9.93. The average molecular weight is 216 g/mol. The van der Waals surface area contributed by atoms with Crippen LogP contribution in [0.4, 0.5) is 0 Å². The fourth-order valence-electron chi connectivity index (χ4n) is 2.11. The number of aromatic nitrogens is 3. The second-order valence-corrected chi connectivity index (χ2v) is 4.08. The second kappa shape index (κ2) is 3.87. The van der Waals surface area contributed by atoms with Gasteiger partial charge in [-0.25, -0.2) is 0 Å². The third-order valence-corrected chi connectivity index (χ3v) is 3.07. The van der Waals surface area contributed by atoms with Crippen molar-refractivity contribution in [2.24, 2.45) is 0 Å². The van der Waals surface area contributed by atoms with Gasteiger partial charge in [0, 0.05) is 6.61 Å². The highest BCUT2D eigenvalue weighted by Gasteiger charge is 2.37. The molecule has 0 amide bonds. The largest absolute Gasteiger partial charge is 0.379 e. The summed E-state index contributed by atoms with van der Waals surface area (Å²) in [6.07, 6.45) is 4.87. The van der Waals surface area contributed by atoms with E-state index in [2.05, 4.69) is 17.1 Å². The highest BCUT2D eigenvalue weighted by atomic mass is 35.5. The summed E-state index contributed by atoms with van der Waals surface area (Å²) >= 11 is 5.98. The van der Waals surface area contributed by atoms with Crippen molar-refractivity contribution < 1.29 is 4.74 Å². The van der Waals surface area contributed by atoms with Gasteiger partial charge in [-0.15, -0.1) is 10.2 Å². The lowest BCUT2D eigenvalue weighted by molar-refractivity contribution is 0.148. The van der Waals surface area contributed by atoms with Gasteiger partial charge in [-0.2, -0.15) is 0 Å². The normalized spacial score (nSPS) is 27.0. The molecule has 0 aliphatic carbocycles. The van der Waals surface area contributed by atoms with Gasteiger partial charge in [0.2, 0.25) is 5.28 Å². The molecule has 1 aliphatic rings. The molecule has 0 bridgehead atoms. The number of hydrogen-bond acceptors (Lipinski definition) is 3. The maximum absolute atomic E-state index is 5.98. The molecule has 78 valence electrons. The summed E-state index contributed by atoms with van der Waals surface area (Å²) < 4.78 is 7.41. The van der Waals surface area contributed by atoms with Crippen molar-refractivity contribution in [2.75, 3.05) is 13.2 Å². The molecule has 2 heterocycles. The van der Waals surface area contributed by atoms with Gasteiger partial charge in [0.1, 0.15) is 6.33 Å². The van der Waals surface area contributed by atoms with Crippen molar-refractivity contribution in [1.82, 2.24) is 14.8 Å². The Hall–Kier alpha value is -0.610. The minimum Gasteiger partial charge on any atom is -0.379 e. The quantitative estimate of drug-likeness (QED) is 0.773. The number of ether oxygens (including phenoxy) is 1. The number of rotatable bonds is 3. The third-order valence-electron chi connectivity index (χ3n) is 2.82. The molecule has 1 aromatic heterocycles. The van der Waals surface area contributed by atoms with E-state index >= 15 is 0 Å². The molecule has 0 aromatic carbocycles. The smallest absolute Gasteiger partial charge is 0.225 e. The molecule has 1 atom stereocenters. The van der Waals surface area contributed by atoms with Crippen molar-refractivity contribution >= 4 is 11.6 Å². The first-order valence-electron chi connectivity index (χ1n) is 4.92. The van der Waals surface area contributed by atoms with Crippen LogP contribution in [0.5, 0.6) is 0 Å². The van der Waals surface area contributed by atoms with Crippen LogP contribution in [0, 0.1) is 0 Å². The van der Waals surface area contributed by atoms with Crippen molar-refractivity contribution in [2.45, 2.75) is 31.7 Å². The van der Waals surface area contributed by atoms with E-state index in [-0.39, 0.29) is 5.54 Å². The van der Waals surface area contributed by atoms with E-state index in [1.54, 1.807) is 6.33 Å². The standard InChI is InChI=1S/C9H14ClN3O/c1-2-3-9(4-5-14-6-9)13-7-11-12-8(13)10/h7H,2-6H2,1H3. The summed E-state index contributed by atoms with van der Waals surface area (Å²) in [5.74, 6) is 0. The SMILES string of the molecule is CCCC1(n2cnnc2Cl)CCOC1. The minimum atomic E-state index is -0.00463. The predicted molar refractivity (Wildman–Crippen MR) is 53.4 cm³/mol. The highest BCUT2D eigenvalue weighted by molar-refractivity contribution is 6.28. The van der Waals surface area contributed by atoms with E-state index in [1.165, 1.54) is 0 Å². The van der Waals surface area contributed by atoms with Crippen LogP contribution < -0.4 is 0 Å². The summed E-state index contributed by atoms with van der Waals surface area (Å²) in [6, 6.07) is 0. The van der Waals surface area contributed by atoms with Crippen LogP contribution in [0.1, 0.15) is 26.2 Å². The van der Waals surface area contributed by atoms with Gasteiger partial charge in [0.15, 0.2) is 0 Å². The molecule has 2 rings (SSSR count). The second-order valence-electron chi connectivity index (χ2n) is 3.75. The lowest BCUT2D eigenvalue weighted by Gasteiger charge is -2.28. The molecule has 1 aliphatic heterocycles. The van der Waals surface area contributed by atoms with Gasteiger partial charge in [0.05, 0.1) is 12.1 Å². The Labute approximate surface area is 88.2 Å². The molecular formula is C9H14ClN3O. The van der Waals surface area contributed by atoms with Gasteiger partial charge in [-0.05, 0) is 24.4 Å². The predicted octanol–water partition coefficient (Wildman–Crippen LogP) is 1.85. The maximum atomic E-state index is 5.98. The van der Waals surface area contributed by atoms with Crippen LogP contribution >= 0.6 is 11.6 Å². The van der Waals surface area contributed by atoms with Crippen LogP contribution in [0.3, 0.4) is 0 Å². The first kappa shape index (κ1) is 9.93. The molecule has 14 heavy (non-hydrogen) atoms. The van der Waals surface area contributed by atoms with Gasteiger partial charge < -0.3 is 4.74 Å². The topological polar surface area (TPSA) is 39.9 Å². The highest BCUT2D eigenvalue weighted by Crippen LogP contribution is 2.33. The van der Waals surface area contributed by atoms with E-state index in [0.717, 1.165) is 32.5 Å². The maximum Gasteiger partial charge on any atom is 0.225 e. The van der Waals surface area contributed by atoms with E-state index in [4.69, 9.17) is 16.3 Å². The summed E-state index contributed by atoms with van der Waals surface area (Å²) in [6.45, 7) is 3.69. The fourth-order valence-corrected chi connectivity index (χ4v) is 2.38. The Kier molecular flexibility index (Phi) is 2.74. The van der Waals surface area contributed by atoms with E-state index < -0.39 is 0 Å².